The van der Waals surface area contributed by atoms with Gasteiger partial charge in [-0.1, -0.05) is 0 Å². The van der Waals surface area contributed by atoms with Crippen molar-refractivity contribution in [3.05, 3.63) is 0 Å². The van der Waals surface area contributed by atoms with Crippen molar-refractivity contribution in [3.8, 4) is 0 Å². The van der Waals surface area contributed by atoms with Gasteiger partial charge in [0.2, 0.25) is 0 Å². The summed E-state index contributed by atoms with van der Waals surface area (Å²) in [5.41, 5.74) is 0. The van der Waals surface area contributed by atoms with Crippen LogP contribution in [0.5, 0.6) is 0 Å². The van der Waals surface area contributed by atoms with E-state index in [-0.39, 0.29) is 12.0 Å². The lowest BCUT2D eigenvalue weighted by molar-refractivity contribution is -0.154. The normalized spacial score (nSPS) is 42.3. The van der Waals surface area contributed by atoms with E-state index in [0.717, 1.165) is 13.0 Å². The molecule has 64 valence electrons. The molecule has 1 N–H and O–H groups in total. The van der Waals surface area contributed by atoms with Crippen molar-refractivity contribution in [3.63, 3.8) is 0 Å². The summed E-state index contributed by atoms with van der Waals surface area (Å²) in [6.45, 7) is 0.797. The predicted octanol–water partition coefficient (Wildman–Crippen LogP) is 1.55. The van der Waals surface area contributed by atoms with Gasteiger partial charge in [0.15, 0.2) is 0 Å². The lowest BCUT2D eigenvalue weighted by Gasteiger charge is -2.34. The van der Waals surface area contributed by atoms with Gasteiger partial charge in [-0.15, -0.1) is 0 Å². The molecule has 0 aromatic carbocycles. The first kappa shape index (κ1) is 7.40. The molecule has 3 rings (SSSR count). The van der Waals surface area contributed by atoms with Gasteiger partial charge < -0.3 is 5.32 Å². The molecular formula is C7H10F3N. The van der Waals surface area contributed by atoms with Crippen LogP contribution in [0, 0.1) is 11.8 Å². The number of nitrogens with one attached hydrogen (secondary N) is 1. The largest absolute Gasteiger partial charge is 0.389 e. The van der Waals surface area contributed by atoms with E-state index < -0.39 is 12.6 Å². The summed E-state index contributed by atoms with van der Waals surface area (Å²) in [6.07, 6.45) is -3.59. The topological polar surface area (TPSA) is 12.0 Å². The minimum absolute atomic E-state index is 0.116. The second-order valence-electron chi connectivity index (χ2n) is 3.49. The summed E-state index contributed by atoms with van der Waals surface area (Å²) >= 11 is 0. The quantitative estimate of drug-likeness (QED) is 0.621. The third-order valence-electron chi connectivity index (χ3n) is 2.79. The molecule has 3 fully saturated rings. The molecule has 0 aromatic rings. The molecule has 0 amide bonds. The summed E-state index contributed by atoms with van der Waals surface area (Å²) in [5, 5.41) is 3.07. The van der Waals surface area contributed by atoms with E-state index in [1.807, 2.05) is 0 Å². The third-order valence-corrected chi connectivity index (χ3v) is 2.79. The lowest BCUT2D eigenvalue weighted by atomic mass is 9.72. The van der Waals surface area contributed by atoms with Crippen molar-refractivity contribution < 1.29 is 13.2 Å². The fourth-order valence-corrected chi connectivity index (χ4v) is 2.16. The second kappa shape index (κ2) is 2.12. The van der Waals surface area contributed by atoms with Gasteiger partial charge in [0.25, 0.3) is 0 Å². The van der Waals surface area contributed by atoms with Crippen LogP contribution in [-0.2, 0) is 0 Å². The molecule has 2 aliphatic heterocycles. The standard InChI is InChI=1S/C7H10F3N/c8-7(9,10)2-5-4-1-6(5)11-3-4/h4-6,11H,1-3H2. The van der Waals surface area contributed by atoms with Crippen LogP contribution in [0.25, 0.3) is 0 Å². The number of alkyl halides is 3. The second-order valence-corrected chi connectivity index (χ2v) is 3.49. The monoisotopic (exact) mass is 165 g/mol. The Bertz CT molecular complexity index is 152. The van der Waals surface area contributed by atoms with Gasteiger partial charge in [0.05, 0.1) is 0 Å². The first-order valence-electron chi connectivity index (χ1n) is 3.86. The Kier molecular flexibility index (Phi) is 1.43. The van der Waals surface area contributed by atoms with Gasteiger partial charge >= 0.3 is 6.18 Å². The average Bonchev–Trinajstić information content (AvgIpc) is 2.37. The maximum Gasteiger partial charge on any atom is 0.389 e. The van der Waals surface area contributed by atoms with Gasteiger partial charge in [-0.05, 0) is 24.8 Å². The Balaban J connectivity index is 1.89. The predicted molar refractivity (Wildman–Crippen MR) is 34.1 cm³/mol. The fourth-order valence-electron chi connectivity index (χ4n) is 2.16. The number of hydrogen-bond acceptors (Lipinski definition) is 1. The smallest absolute Gasteiger partial charge is 0.313 e. The van der Waals surface area contributed by atoms with Crippen LogP contribution in [0.4, 0.5) is 13.2 Å². The van der Waals surface area contributed by atoms with Crippen molar-refractivity contribution in [2.24, 2.45) is 11.8 Å². The molecule has 2 heterocycles. The molecule has 0 aromatic heterocycles. The molecule has 4 heteroatoms. The SMILES string of the molecule is FC(F)(F)CC1C2CNC1C2. The van der Waals surface area contributed by atoms with Crippen LogP contribution in [0.1, 0.15) is 12.8 Å². The molecule has 2 saturated heterocycles. The maximum atomic E-state index is 11.9. The summed E-state index contributed by atoms with van der Waals surface area (Å²) in [5.74, 6) is 0.191. The Hall–Kier alpha value is -0.250. The number of fused-ring (bicyclic) bond motifs is 1. The molecule has 3 aliphatic rings. The van der Waals surface area contributed by atoms with E-state index in [9.17, 15) is 13.2 Å². The van der Waals surface area contributed by atoms with E-state index in [1.54, 1.807) is 0 Å². The maximum absolute atomic E-state index is 11.9. The van der Waals surface area contributed by atoms with Crippen molar-refractivity contribution >= 4 is 0 Å². The zero-order valence-corrected chi connectivity index (χ0v) is 5.99. The molecule has 2 bridgehead atoms. The molecule has 0 spiro atoms. The Labute approximate surface area is 63.0 Å². The summed E-state index contributed by atoms with van der Waals surface area (Å²) in [4.78, 5) is 0. The highest BCUT2D eigenvalue weighted by Crippen LogP contribution is 2.45. The zero-order chi connectivity index (χ0) is 8.06. The minimum atomic E-state index is -3.96. The molecule has 1 aliphatic carbocycles. The first-order chi connectivity index (χ1) is 5.06. The molecule has 11 heavy (non-hydrogen) atoms. The Morgan fingerprint density at radius 3 is 2.45 bits per heavy atom. The number of rotatable bonds is 1. The zero-order valence-electron chi connectivity index (χ0n) is 5.99. The molecule has 1 saturated carbocycles. The van der Waals surface area contributed by atoms with Crippen LogP contribution >= 0.6 is 0 Å². The van der Waals surface area contributed by atoms with E-state index in [2.05, 4.69) is 5.32 Å². The van der Waals surface area contributed by atoms with Gasteiger partial charge in [0.1, 0.15) is 0 Å². The van der Waals surface area contributed by atoms with Gasteiger partial charge in [0, 0.05) is 12.5 Å². The van der Waals surface area contributed by atoms with Crippen molar-refractivity contribution in [2.45, 2.75) is 25.1 Å². The van der Waals surface area contributed by atoms with Crippen molar-refractivity contribution in [1.82, 2.24) is 5.32 Å². The van der Waals surface area contributed by atoms with Crippen LogP contribution in [0.2, 0.25) is 0 Å². The molecule has 1 nitrogen and oxygen atoms in total. The first-order valence-corrected chi connectivity index (χ1v) is 3.86. The fraction of sp³-hybridized carbons (Fsp3) is 1.00. The third kappa shape index (κ3) is 1.24. The van der Waals surface area contributed by atoms with Gasteiger partial charge in [-0.25, -0.2) is 0 Å². The summed E-state index contributed by atoms with van der Waals surface area (Å²) < 4.78 is 35.6. The number of hydrogen-bond donors (Lipinski definition) is 1. The van der Waals surface area contributed by atoms with Crippen LogP contribution in [-0.4, -0.2) is 18.8 Å². The van der Waals surface area contributed by atoms with E-state index in [1.165, 1.54) is 0 Å². The molecule has 3 atom stereocenters. The number of halogens is 3. The Morgan fingerprint density at radius 1 is 1.36 bits per heavy atom. The van der Waals surface area contributed by atoms with Gasteiger partial charge in [-0.3, -0.25) is 0 Å². The highest BCUT2D eigenvalue weighted by Gasteiger charge is 2.50. The van der Waals surface area contributed by atoms with Gasteiger partial charge in [-0.2, -0.15) is 13.2 Å². The highest BCUT2D eigenvalue weighted by molar-refractivity contribution is 5.02. The molecule has 0 radical (unpaired) electrons. The Morgan fingerprint density at radius 2 is 2.09 bits per heavy atom. The highest BCUT2D eigenvalue weighted by atomic mass is 19.4. The lowest BCUT2D eigenvalue weighted by Crippen LogP contribution is -2.39. The minimum Gasteiger partial charge on any atom is -0.313 e. The van der Waals surface area contributed by atoms with Crippen molar-refractivity contribution in [2.75, 3.05) is 6.54 Å². The van der Waals surface area contributed by atoms with Crippen molar-refractivity contribution in [1.29, 1.82) is 0 Å². The van der Waals surface area contributed by atoms with Crippen LogP contribution in [0.3, 0.4) is 0 Å². The molecule has 3 unspecified atom stereocenters. The van der Waals surface area contributed by atoms with E-state index >= 15 is 0 Å². The van der Waals surface area contributed by atoms with E-state index in [4.69, 9.17) is 0 Å². The van der Waals surface area contributed by atoms with E-state index in [0.29, 0.717) is 5.92 Å². The van der Waals surface area contributed by atoms with Crippen LogP contribution < -0.4 is 5.32 Å². The summed E-state index contributed by atoms with van der Waals surface area (Å²) in [6, 6.07) is 0.168. The molecular weight excluding hydrogens is 155 g/mol. The van der Waals surface area contributed by atoms with Crippen LogP contribution in [0.15, 0.2) is 0 Å². The summed E-state index contributed by atoms with van der Waals surface area (Å²) in [7, 11) is 0. The average molecular weight is 165 g/mol.